The molecule has 0 saturated heterocycles. The highest BCUT2D eigenvalue weighted by Gasteiger charge is 1.98. The summed E-state index contributed by atoms with van der Waals surface area (Å²) in [4.78, 5) is 0. The normalized spacial score (nSPS) is 12.4. The van der Waals surface area contributed by atoms with Crippen molar-refractivity contribution in [2.45, 2.75) is 13.8 Å². The van der Waals surface area contributed by atoms with Gasteiger partial charge < -0.3 is 0 Å². The van der Waals surface area contributed by atoms with Crippen LogP contribution in [0.15, 0.2) is 42.8 Å². The van der Waals surface area contributed by atoms with Gasteiger partial charge in [0, 0.05) is 18.8 Å². The first-order valence-electron chi connectivity index (χ1n) is 4.62. The minimum absolute atomic E-state index is 1.05. The van der Waals surface area contributed by atoms with Crippen molar-refractivity contribution in [3.8, 4) is 0 Å². The molecule has 1 aromatic rings. The lowest BCUT2D eigenvalue weighted by atomic mass is 10.1. The van der Waals surface area contributed by atoms with Crippen LogP contribution in [0.25, 0.3) is 5.57 Å². The van der Waals surface area contributed by atoms with Crippen molar-refractivity contribution in [1.29, 1.82) is 0 Å². The molecular formula is C12H16N2. The first-order valence-corrected chi connectivity index (χ1v) is 4.62. The Hall–Kier alpha value is -1.57. The maximum Gasteiger partial charge on any atom is 0.0568 e. The standard InChI is InChI=1S/C12H16N2/c1-5-11(7-6-10(2)3)12-8-13-14(4)9-12/h5-9H,2H2,1,3-4H3. The van der Waals surface area contributed by atoms with Gasteiger partial charge in [0.25, 0.3) is 0 Å². The van der Waals surface area contributed by atoms with Crippen LogP contribution in [0.5, 0.6) is 0 Å². The van der Waals surface area contributed by atoms with E-state index in [-0.39, 0.29) is 0 Å². The van der Waals surface area contributed by atoms with Gasteiger partial charge in [-0.25, -0.2) is 0 Å². The van der Waals surface area contributed by atoms with Crippen molar-refractivity contribution >= 4 is 5.57 Å². The molecule has 0 unspecified atom stereocenters. The third-order valence-electron chi connectivity index (χ3n) is 1.90. The summed E-state index contributed by atoms with van der Waals surface area (Å²) in [6, 6.07) is 0. The average molecular weight is 188 g/mol. The Morgan fingerprint density at radius 1 is 1.50 bits per heavy atom. The summed E-state index contributed by atoms with van der Waals surface area (Å²) < 4.78 is 1.80. The van der Waals surface area contributed by atoms with E-state index in [0.29, 0.717) is 0 Å². The third kappa shape index (κ3) is 2.73. The maximum absolute atomic E-state index is 4.13. The van der Waals surface area contributed by atoms with Gasteiger partial charge in [0.05, 0.1) is 6.20 Å². The van der Waals surface area contributed by atoms with Crippen molar-refractivity contribution in [3.63, 3.8) is 0 Å². The molecule has 0 N–H and O–H groups in total. The summed E-state index contributed by atoms with van der Waals surface area (Å²) in [6.45, 7) is 7.82. The molecule has 0 fully saturated rings. The number of allylic oxidation sites excluding steroid dienone is 5. The molecule has 1 rings (SSSR count). The lowest BCUT2D eigenvalue weighted by Gasteiger charge is -1.95. The summed E-state index contributed by atoms with van der Waals surface area (Å²) >= 11 is 0. The van der Waals surface area contributed by atoms with E-state index in [2.05, 4.69) is 23.8 Å². The molecule has 0 spiro atoms. The fourth-order valence-electron chi connectivity index (χ4n) is 1.16. The monoisotopic (exact) mass is 188 g/mol. The maximum atomic E-state index is 4.13. The van der Waals surface area contributed by atoms with Crippen LogP contribution in [0.2, 0.25) is 0 Å². The van der Waals surface area contributed by atoms with Gasteiger partial charge in [-0.2, -0.15) is 5.10 Å². The fourth-order valence-corrected chi connectivity index (χ4v) is 1.16. The zero-order chi connectivity index (χ0) is 10.6. The van der Waals surface area contributed by atoms with E-state index in [1.807, 2.05) is 39.4 Å². The summed E-state index contributed by atoms with van der Waals surface area (Å²) in [5, 5.41) is 4.13. The van der Waals surface area contributed by atoms with Crippen LogP contribution in [0.4, 0.5) is 0 Å². The molecule has 0 amide bonds. The van der Waals surface area contributed by atoms with Gasteiger partial charge in [0.1, 0.15) is 0 Å². The quantitative estimate of drug-likeness (QED) is 0.667. The summed E-state index contributed by atoms with van der Waals surface area (Å²) in [5.41, 5.74) is 3.35. The summed E-state index contributed by atoms with van der Waals surface area (Å²) in [7, 11) is 1.92. The number of hydrogen-bond acceptors (Lipinski definition) is 1. The van der Waals surface area contributed by atoms with Gasteiger partial charge in [-0.3, -0.25) is 4.68 Å². The number of aryl methyl sites for hydroxylation is 1. The first-order chi connectivity index (χ1) is 6.63. The topological polar surface area (TPSA) is 17.8 Å². The molecule has 0 aromatic carbocycles. The molecular weight excluding hydrogens is 172 g/mol. The molecule has 14 heavy (non-hydrogen) atoms. The molecule has 0 aliphatic carbocycles. The van der Waals surface area contributed by atoms with E-state index in [4.69, 9.17) is 0 Å². The van der Waals surface area contributed by atoms with E-state index in [1.54, 1.807) is 4.68 Å². The van der Waals surface area contributed by atoms with Gasteiger partial charge in [0.2, 0.25) is 0 Å². The molecule has 2 nitrogen and oxygen atoms in total. The highest BCUT2D eigenvalue weighted by atomic mass is 15.2. The second kappa shape index (κ2) is 4.61. The SMILES string of the molecule is C=C(C)C=CC(=CC)c1cnn(C)c1. The number of hydrogen-bond donors (Lipinski definition) is 0. The van der Waals surface area contributed by atoms with Gasteiger partial charge in [-0.15, -0.1) is 0 Å². The van der Waals surface area contributed by atoms with Crippen molar-refractivity contribution in [1.82, 2.24) is 9.78 Å². The van der Waals surface area contributed by atoms with E-state index in [0.717, 1.165) is 11.1 Å². The van der Waals surface area contributed by atoms with E-state index < -0.39 is 0 Å². The van der Waals surface area contributed by atoms with Crippen LogP contribution in [-0.4, -0.2) is 9.78 Å². The van der Waals surface area contributed by atoms with Gasteiger partial charge in [0.15, 0.2) is 0 Å². The molecule has 0 bridgehead atoms. The van der Waals surface area contributed by atoms with E-state index in [1.165, 1.54) is 5.57 Å². The van der Waals surface area contributed by atoms with Gasteiger partial charge in [-0.05, 0) is 19.4 Å². The Labute approximate surface area is 85.3 Å². The van der Waals surface area contributed by atoms with Crippen molar-refractivity contribution < 1.29 is 0 Å². The lowest BCUT2D eigenvalue weighted by molar-refractivity contribution is 0.767. The second-order valence-electron chi connectivity index (χ2n) is 3.33. The lowest BCUT2D eigenvalue weighted by Crippen LogP contribution is -1.84. The Kier molecular flexibility index (Phi) is 3.46. The highest BCUT2D eigenvalue weighted by Crippen LogP contribution is 2.15. The zero-order valence-electron chi connectivity index (χ0n) is 8.99. The summed E-state index contributed by atoms with van der Waals surface area (Å²) in [5.74, 6) is 0. The van der Waals surface area contributed by atoms with Gasteiger partial charge in [-0.1, -0.05) is 30.4 Å². The smallest absolute Gasteiger partial charge is 0.0568 e. The van der Waals surface area contributed by atoms with E-state index >= 15 is 0 Å². The fraction of sp³-hybridized carbons (Fsp3) is 0.250. The van der Waals surface area contributed by atoms with Crippen LogP contribution in [0, 0.1) is 0 Å². The predicted molar refractivity (Wildman–Crippen MR) is 60.8 cm³/mol. The van der Waals surface area contributed by atoms with Crippen LogP contribution < -0.4 is 0 Å². The molecule has 0 radical (unpaired) electrons. The van der Waals surface area contributed by atoms with Crippen LogP contribution in [-0.2, 0) is 7.05 Å². The zero-order valence-corrected chi connectivity index (χ0v) is 8.99. The van der Waals surface area contributed by atoms with Crippen molar-refractivity contribution in [2.24, 2.45) is 7.05 Å². The largest absolute Gasteiger partial charge is 0.275 e. The predicted octanol–water partition coefficient (Wildman–Crippen LogP) is 2.96. The molecule has 0 saturated carbocycles. The molecule has 2 heteroatoms. The minimum Gasteiger partial charge on any atom is -0.275 e. The molecule has 0 aliphatic rings. The van der Waals surface area contributed by atoms with Gasteiger partial charge >= 0.3 is 0 Å². The Morgan fingerprint density at radius 3 is 2.64 bits per heavy atom. The Bertz CT molecular complexity index is 381. The van der Waals surface area contributed by atoms with E-state index in [9.17, 15) is 0 Å². The molecule has 1 aromatic heterocycles. The van der Waals surface area contributed by atoms with Crippen LogP contribution in [0.1, 0.15) is 19.4 Å². The molecule has 0 aliphatic heterocycles. The molecule has 74 valence electrons. The highest BCUT2D eigenvalue weighted by molar-refractivity contribution is 5.73. The minimum atomic E-state index is 1.05. The Morgan fingerprint density at radius 2 is 2.21 bits per heavy atom. The molecule has 1 heterocycles. The molecule has 0 atom stereocenters. The Balaban J connectivity index is 2.89. The van der Waals surface area contributed by atoms with Crippen molar-refractivity contribution in [3.05, 3.63) is 48.3 Å². The average Bonchev–Trinajstić information content (AvgIpc) is 2.53. The number of nitrogens with zero attached hydrogens (tertiary/aromatic N) is 2. The second-order valence-corrected chi connectivity index (χ2v) is 3.33. The summed E-state index contributed by atoms with van der Waals surface area (Å²) in [6.07, 6.45) is 9.98. The number of aromatic nitrogens is 2. The van der Waals surface area contributed by atoms with Crippen LogP contribution in [0.3, 0.4) is 0 Å². The van der Waals surface area contributed by atoms with Crippen LogP contribution >= 0.6 is 0 Å². The third-order valence-corrected chi connectivity index (χ3v) is 1.90. The number of rotatable bonds is 3. The first kappa shape index (κ1) is 10.5. The van der Waals surface area contributed by atoms with Crippen molar-refractivity contribution in [2.75, 3.05) is 0 Å².